The van der Waals surface area contributed by atoms with Gasteiger partial charge in [-0.1, -0.05) is 0 Å². The molecule has 0 bridgehead atoms. The normalized spacial score (nSPS) is 11.4. The van der Waals surface area contributed by atoms with Gasteiger partial charge in [-0.3, -0.25) is 10.1 Å². The molecule has 1 aromatic rings. The van der Waals surface area contributed by atoms with E-state index < -0.39 is 36.6 Å². The second-order valence-electron chi connectivity index (χ2n) is 4.26. The van der Waals surface area contributed by atoms with Crippen LogP contribution in [0.25, 0.3) is 0 Å². The van der Waals surface area contributed by atoms with Crippen LogP contribution < -0.4 is 0 Å². The number of hydrogen-bond acceptors (Lipinski definition) is 6. The van der Waals surface area contributed by atoms with Gasteiger partial charge in [0, 0.05) is 22.3 Å². The van der Waals surface area contributed by atoms with E-state index in [0.29, 0.717) is 0 Å². The standard InChI is InChI=1S/C11H12ClNO6S/c1-6(2)19-11(14)9-4-8(20(12,17)18)5-10(7(9)3)13(15)16/h4-6H,1-3H3. The zero-order chi connectivity index (χ0) is 15.7. The Hall–Kier alpha value is -1.67. The predicted octanol–water partition coefficient (Wildman–Crippen LogP) is 2.40. The number of ether oxygens (including phenoxy) is 1. The van der Waals surface area contributed by atoms with Crippen molar-refractivity contribution in [2.24, 2.45) is 0 Å². The summed E-state index contributed by atoms with van der Waals surface area (Å²) in [6.45, 7) is 4.53. The van der Waals surface area contributed by atoms with E-state index in [9.17, 15) is 23.3 Å². The fraction of sp³-hybridized carbons (Fsp3) is 0.364. The molecule has 0 aromatic heterocycles. The number of carbonyl (C=O) groups excluding carboxylic acids is 1. The molecule has 0 spiro atoms. The average Bonchev–Trinajstić information content (AvgIpc) is 2.25. The van der Waals surface area contributed by atoms with Crippen LogP contribution >= 0.6 is 10.7 Å². The topological polar surface area (TPSA) is 104 Å². The molecule has 0 fully saturated rings. The number of rotatable bonds is 4. The highest BCUT2D eigenvalue weighted by Crippen LogP contribution is 2.28. The summed E-state index contributed by atoms with van der Waals surface area (Å²) in [4.78, 5) is 21.5. The van der Waals surface area contributed by atoms with E-state index in [0.717, 1.165) is 12.1 Å². The van der Waals surface area contributed by atoms with Crippen molar-refractivity contribution >= 4 is 31.4 Å². The van der Waals surface area contributed by atoms with Crippen molar-refractivity contribution in [3.8, 4) is 0 Å². The van der Waals surface area contributed by atoms with Crippen molar-refractivity contribution in [3.63, 3.8) is 0 Å². The summed E-state index contributed by atoms with van der Waals surface area (Å²) >= 11 is 0. The Morgan fingerprint density at radius 1 is 1.40 bits per heavy atom. The number of nitrogens with zero attached hydrogens (tertiary/aromatic N) is 1. The number of hydrogen-bond donors (Lipinski definition) is 0. The SMILES string of the molecule is Cc1c(C(=O)OC(C)C)cc(S(=O)(=O)Cl)cc1[N+](=O)[O-]. The smallest absolute Gasteiger partial charge is 0.338 e. The minimum Gasteiger partial charge on any atom is -0.459 e. The fourth-order valence-electron chi connectivity index (χ4n) is 1.49. The molecule has 0 saturated heterocycles. The van der Waals surface area contributed by atoms with E-state index in [1.165, 1.54) is 6.92 Å². The highest BCUT2D eigenvalue weighted by molar-refractivity contribution is 8.13. The number of nitro benzene ring substituents is 1. The van der Waals surface area contributed by atoms with Gasteiger partial charge in [-0.05, 0) is 26.8 Å². The molecule has 0 aliphatic heterocycles. The van der Waals surface area contributed by atoms with E-state index in [-0.39, 0.29) is 11.1 Å². The molecule has 0 amide bonds. The maximum Gasteiger partial charge on any atom is 0.338 e. The second-order valence-corrected chi connectivity index (χ2v) is 6.83. The van der Waals surface area contributed by atoms with E-state index in [1.54, 1.807) is 13.8 Å². The van der Waals surface area contributed by atoms with Crippen LogP contribution in [0.4, 0.5) is 5.69 Å². The number of esters is 1. The van der Waals surface area contributed by atoms with Crippen LogP contribution in [0, 0.1) is 17.0 Å². The van der Waals surface area contributed by atoms with Crippen LogP contribution in [0.2, 0.25) is 0 Å². The van der Waals surface area contributed by atoms with Crippen LogP contribution in [0.5, 0.6) is 0 Å². The van der Waals surface area contributed by atoms with Crippen LogP contribution in [0.3, 0.4) is 0 Å². The lowest BCUT2D eigenvalue weighted by Gasteiger charge is -2.11. The lowest BCUT2D eigenvalue weighted by Crippen LogP contribution is -2.14. The molecular formula is C11H12ClNO6S. The van der Waals surface area contributed by atoms with Gasteiger partial charge in [-0.25, -0.2) is 13.2 Å². The maximum absolute atomic E-state index is 11.8. The van der Waals surface area contributed by atoms with Crippen molar-refractivity contribution in [3.05, 3.63) is 33.4 Å². The highest BCUT2D eigenvalue weighted by Gasteiger charge is 2.25. The van der Waals surface area contributed by atoms with Crippen LogP contribution in [0.15, 0.2) is 17.0 Å². The molecule has 1 aromatic carbocycles. The summed E-state index contributed by atoms with van der Waals surface area (Å²) in [6, 6.07) is 1.78. The monoisotopic (exact) mass is 321 g/mol. The van der Waals surface area contributed by atoms with E-state index in [2.05, 4.69) is 0 Å². The molecule has 0 N–H and O–H groups in total. The van der Waals surface area contributed by atoms with Gasteiger partial charge < -0.3 is 4.74 Å². The Morgan fingerprint density at radius 2 is 1.95 bits per heavy atom. The largest absolute Gasteiger partial charge is 0.459 e. The van der Waals surface area contributed by atoms with Crippen molar-refractivity contribution < 1.29 is 22.9 Å². The molecule has 0 radical (unpaired) electrons. The first-order valence-electron chi connectivity index (χ1n) is 5.48. The second kappa shape index (κ2) is 5.76. The molecule has 0 heterocycles. The Balaban J connectivity index is 3.55. The molecule has 9 heteroatoms. The number of carbonyl (C=O) groups is 1. The van der Waals surface area contributed by atoms with Gasteiger partial charge in [-0.15, -0.1) is 0 Å². The first-order valence-corrected chi connectivity index (χ1v) is 7.79. The number of halogens is 1. The van der Waals surface area contributed by atoms with E-state index >= 15 is 0 Å². The molecular weight excluding hydrogens is 310 g/mol. The Morgan fingerprint density at radius 3 is 2.35 bits per heavy atom. The summed E-state index contributed by atoms with van der Waals surface area (Å²) in [5.74, 6) is -0.845. The third-order valence-corrected chi connectivity index (χ3v) is 3.73. The van der Waals surface area contributed by atoms with E-state index in [1.807, 2.05) is 0 Å². The third-order valence-electron chi connectivity index (χ3n) is 2.39. The number of benzene rings is 1. The van der Waals surface area contributed by atoms with Gasteiger partial charge >= 0.3 is 5.97 Å². The summed E-state index contributed by atoms with van der Waals surface area (Å²) in [5, 5.41) is 10.9. The molecule has 0 unspecified atom stereocenters. The zero-order valence-electron chi connectivity index (χ0n) is 10.9. The van der Waals surface area contributed by atoms with E-state index in [4.69, 9.17) is 15.4 Å². The van der Waals surface area contributed by atoms with Crippen molar-refractivity contribution in [1.82, 2.24) is 0 Å². The van der Waals surface area contributed by atoms with Gasteiger partial charge in [0.1, 0.15) is 0 Å². The lowest BCUT2D eigenvalue weighted by atomic mass is 10.1. The zero-order valence-corrected chi connectivity index (χ0v) is 12.5. The van der Waals surface area contributed by atoms with Crippen LogP contribution in [-0.2, 0) is 13.8 Å². The highest BCUT2D eigenvalue weighted by atomic mass is 35.7. The molecule has 0 atom stereocenters. The molecule has 0 aliphatic carbocycles. The minimum atomic E-state index is -4.20. The fourth-order valence-corrected chi connectivity index (χ4v) is 2.27. The van der Waals surface area contributed by atoms with Gasteiger partial charge in [0.2, 0.25) is 0 Å². The Bertz CT molecular complexity index is 668. The third kappa shape index (κ3) is 3.67. The van der Waals surface area contributed by atoms with Gasteiger partial charge in [0.05, 0.1) is 21.5 Å². The van der Waals surface area contributed by atoms with Gasteiger partial charge in [-0.2, -0.15) is 0 Å². The molecule has 0 saturated carbocycles. The molecule has 110 valence electrons. The number of nitro groups is 1. The molecule has 7 nitrogen and oxygen atoms in total. The molecule has 1 rings (SSSR count). The van der Waals surface area contributed by atoms with Gasteiger partial charge in [0.25, 0.3) is 14.7 Å². The summed E-state index contributed by atoms with van der Waals surface area (Å²) < 4.78 is 27.5. The van der Waals surface area contributed by atoms with Crippen molar-refractivity contribution in [1.29, 1.82) is 0 Å². The predicted molar refractivity (Wildman–Crippen MR) is 71.4 cm³/mol. The Kier molecular flexibility index (Phi) is 4.72. The maximum atomic E-state index is 11.8. The minimum absolute atomic E-state index is 0.0183. The lowest BCUT2D eigenvalue weighted by molar-refractivity contribution is -0.385. The van der Waals surface area contributed by atoms with Crippen molar-refractivity contribution in [2.75, 3.05) is 0 Å². The van der Waals surface area contributed by atoms with Gasteiger partial charge in [0.15, 0.2) is 0 Å². The summed E-state index contributed by atoms with van der Waals surface area (Å²) in [6.07, 6.45) is -0.447. The van der Waals surface area contributed by atoms with Crippen molar-refractivity contribution in [2.45, 2.75) is 31.8 Å². The summed E-state index contributed by atoms with van der Waals surface area (Å²) in [7, 11) is 0.967. The quantitative estimate of drug-likeness (QED) is 0.365. The molecule has 20 heavy (non-hydrogen) atoms. The Labute approximate surface area is 120 Å². The first-order chi connectivity index (χ1) is 9.04. The first kappa shape index (κ1) is 16.4. The summed E-state index contributed by atoms with van der Waals surface area (Å²) in [5.41, 5.74) is -0.695. The van der Waals surface area contributed by atoms with Crippen LogP contribution in [0.1, 0.15) is 29.8 Å². The van der Waals surface area contributed by atoms with Crippen LogP contribution in [-0.4, -0.2) is 25.4 Å². The molecule has 0 aliphatic rings. The average molecular weight is 322 g/mol.